The number of rotatable bonds is 28. The molecule has 748 valence electrons. The molecule has 0 amide bonds. The van der Waals surface area contributed by atoms with E-state index in [2.05, 4.69) is 59.7 Å². The molecule has 0 aliphatic rings. The maximum atomic E-state index is 13.4. The molecule has 41 heteroatoms. The number of nitrogens with one attached hydrogen (secondary N) is 4. The Hall–Kier alpha value is -11.6. The van der Waals surface area contributed by atoms with Crippen molar-refractivity contribution in [2.45, 2.75) is 145 Å². The number of hydrogen-bond acceptors (Lipinski definition) is 20. The highest BCUT2D eigenvalue weighted by Gasteiger charge is 2.28. The summed E-state index contributed by atoms with van der Waals surface area (Å²) in [6.45, 7) is 26.0. The largest absolute Gasteiger partial charge is 0.495 e. The Kier molecular flexibility index (Phi) is 46.0. The van der Waals surface area contributed by atoms with Gasteiger partial charge in [0.1, 0.15) is 40.3 Å². The first-order chi connectivity index (χ1) is 64.7. The van der Waals surface area contributed by atoms with E-state index in [1.54, 1.807) is 135 Å². The van der Waals surface area contributed by atoms with Crippen molar-refractivity contribution in [3.05, 3.63) is 235 Å². The van der Waals surface area contributed by atoms with E-state index in [1.165, 1.54) is 39.9 Å². The van der Waals surface area contributed by atoms with E-state index < -0.39 is 46.0 Å². The molecule has 0 saturated heterocycles. The molecule has 0 spiro atoms. The van der Waals surface area contributed by atoms with Crippen LogP contribution in [0.25, 0.3) is 54.5 Å². The third-order valence-electron chi connectivity index (χ3n) is 20.9. The second-order valence-electron chi connectivity index (χ2n) is 33.4. The summed E-state index contributed by atoms with van der Waals surface area (Å²) in [4.78, 5) is 122. The number of carbonyl (C=O) groups excluding carboxylic acids is 5. The van der Waals surface area contributed by atoms with Gasteiger partial charge in [-0.25, -0.2) is 0 Å². The number of carboxylic acid groups (broad SMARTS) is 5. The number of aliphatic carboxylic acids is 5. The van der Waals surface area contributed by atoms with Crippen LogP contribution in [0.1, 0.15) is 104 Å². The monoisotopic (exact) mass is 2130 g/mol. The van der Waals surface area contributed by atoms with Crippen LogP contribution in [0.3, 0.4) is 0 Å². The molecule has 30 nitrogen and oxygen atoms in total. The lowest BCUT2D eigenvalue weighted by Gasteiger charge is -2.15. The summed E-state index contributed by atoms with van der Waals surface area (Å²) in [5.74, 6) is 2.81. The maximum Gasteiger partial charge on any atom is 0.310 e. The van der Waals surface area contributed by atoms with Crippen LogP contribution >= 0.6 is 105 Å². The van der Waals surface area contributed by atoms with E-state index >= 15 is 0 Å². The SMILES string of the molecule is CC(=O)CCC(=O)O.CC(=O)O.COc1cc2c(CC(=O)O)c(C)[nH]c2cc1Cl.COc1cc2c(CC(=O)O)c(C)n(C(=O)c3ccc(Cl)cc3)c2cc1Cl.COc1cc2c(CC(=O)OCC[Si](C)(C)C)c(C)[nH]c2cc1Cl.COc1cc2c(CC(=O)OCC[Si](C)(C)C)c(C)n(C(=O)c3ccc(Cl)cc3)c2cc1Cl.COc1ccc(NN)cc1Cl.COc1ccc2[nH]c(C)c(CC(=O)O)c2c1Cl.Cl. The molecule has 13 rings (SSSR count). The van der Waals surface area contributed by atoms with E-state index in [1.807, 2.05) is 45.9 Å². The van der Waals surface area contributed by atoms with Gasteiger partial charge in [-0.2, -0.15) is 0 Å². The van der Waals surface area contributed by atoms with Crippen LogP contribution in [0.4, 0.5) is 5.69 Å². The van der Waals surface area contributed by atoms with E-state index in [0.717, 1.165) is 96.6 Å². The summed E-state index contributed by atoms with van der Waals surface area (Å²) >= 11 is 48.6. The number of H-pyrrole nitrogens is 3. The summed E-state index contributed by atoms with van der Waals surface area (Å²) in [5.41, 5.74) is 15.3. The fourth-order valence-electron chi connectivity index (χ4n) is 13.9. The van der Waals surface area contributed by atoms with Crippen molar-refractivity contribution in [3.63, 3.8) is 0 Å². The Labute approximate surface area is 851 Å². The molecule has 0 radical (unpaired) electrons. The van der Waals surface area contributed by atoms with E-state index in [0.29, 0.717) is 138 Å². The Bertz CT molecular complexity index is 6580. The zero-order valence-corrected chi connectivity index (χ0v) is 88.8. The van der Waals surface area contributed by atoms with Crippen molar-refractivity contribution < 1.29 is 111 Å². The van der Waals surface area contributed by atoms with Crippen LogP contribution in [0, 0.1) is 34.6 Å². The van der Waals surface area contributed by atoms with Gasteiger partial charge in [0, 0.05) is 123 Å². The van der Waals surface area contributed by atoms with Crippen molar-refractivity contribution in [1.82, 2.24) is 24.1 Å². The molecule has 8 aromatic carbocycles. The minimum Gasteiger partial charge on any atom is -0.495 e. The van der Waals surface area contributed by atoms with Crippen LogP contribution in [-0.2, 0) is 79.9 Å². The van der Waals surface area contributed by atoms with Gasteiger partial charge in [-0.05, 0) is 209 Å². The Morgan fingerprint density at radius 3 is 1.05 bits per heavy atom. The number of ketones is 1. The molecule has 0 atom stereocenters. The number of nitrogens with zero attached hydrogens (tertiary/aromatic N) is 2. The maximum absolute atomic E-state index is 13.4. The van der Waals surface area contributed by atoms with E-state index in [9.17, 15) is 48.3 Å². The molecule has 0 fully saturated rings. The minimum absolute atomic E-state index is 0. The smallest absolute Gasteiger partial charge is 0.310 e. The van der Waals surface area contributed by atoms with E-state index in [4.69, 9.17) is 162 Å². The lowest BCUT2D eigenvalue weighted by Crippen LogP contribution is -2.23. The number of esters is 2. The summed E-state index contributed by atoms with van der Waals surface area (Å²) < 4.78 is 45.0. The van der Waals surface area contributed by atoms with Gasteiger partial charge in [0.05, 0.1) is 141 Å². The second-order valence-corrected chi connectivity index (χ2v) is 48.0. The summed E-state index contributed by atoms with van der Waals surface area (Å²) in [6, 6.07) is 37.8. The van der Waals surface area contributed by atoms with Gasteiger partial charge in [0.25, 0.3) is 17.8 Å². The number of halogens is 9. The molecule has 5 heterocycles. The van der Waals surface area contributed by atoms with Crippen molar-refractivity contribution in [2.24, 2.45) is 5.84 Å². The number of methoxy groups -OCH3 is 6. The average Bonchev–Trinajstić information content (AvgIpc) is 1.60. The van der Waals surface area contributed by atoms with Gasteiger partial charge in [-0.15, -0.1) is 12.4 Å². The molecule has 0 bridgehead atoms. The van der Waals surface area contributed by atoms with Crippen LogP contribution < -0.4 is 39.7 Å². The van der Waals surface area contributed by atoms with E-state index in [-0.39, 0.29) is 86.9 Å². The topological polar surface area (TPSA) is 441 Å². The number of aromatic nitrogens is 5. The summed E-state index contributed by atoms with van der Waals surface area (Å²) in [5, 5.41) is 50.2. The first-order valence-corrected chi connectivity index (χ1v) is 52.8. The zero-order chi connectivity index (χ0) is 103. The fraction of sp³-hybridized carbons (Fsp3) is 0.306. The molecular formula is C98H112Cl9N7O23Si2. The Balaban J connectivity index is 0.000000293. The van der Waals surface area contributed by atoms with Crippen molar-refractivity contribution >= 4 is 241 Å². The van der Waals surface area contributed by atoms with Gasteiger partial charge in [-0.3, -0.25) is 58.1 Å². The minimum atomic E-state index is -1.31. The number of aromatic amines is 3. The Morgan fingerprint density at radius 2 is 0.705 bits per heavy atom. The van der Waals surface area contributed by atoms with Crippen molar-refractivity contribution in [3.8, 4) is 34.5 Å². The highest BCUT2D eigenvalue weighted by Crippen LogP contribution is 2.41. The highest BCUT2D eigenvalue weighted by atomic mass is 35.5. The number of fused-ring (bicyclic) bond motifs is 5. The van der Waals surface area contributed by atoms with Gasteiger partial charge in [0.2, 0.25) is 0 Å². The summed E-state index contributed by atoms with van der Waals surface area (Å²) in [7, 11) is 6.72. The van der Waals surface area contributed by atoms with Crippen molar-refractivity contribution in [2.75, 3.05) is 61.3 Å². The fourth-order valence-corrected chi connectivity index (χ4v) is 17.1. The first-order valence-electron chi connectivity index (χ1n) is 42.3. The van der Waals surface area contributed by atoms with Crippen LogP contribution in [0.2, 0.25) is 91.6 Å². The molecule has 0 unspecified atom stereocenters. The quantitative estimate of drug-likeness (QED) is 0.00942. The molecule has 5 aromatic heterocycles. The number of aryl methyl sites for hydroxylation is 3. The molecular weight excluding hydrogens is 2020 g/mol. The number of hydrogen-bond donors (Lipinski definition) is 10. The highest BCUT2D eigenvalue weighted by molar-refractivity contribution is 6.76. The predicted octanol–water partition coefficient (Wildman–Crippen LogP) is 23.6. The third-order valence-corrected chi connectivity index (χ3v) is 26.6. The molecule has 139 heavy (non-hydrogen) atoms. The van der Waals surface area contributed by atoms with Gasteiger partial charge in [0.15, 0.2) is 0 Å². The number of hydrazine groups is 1. The standard InChI is InChI=1S/C24H27Cl2NO4Si.C19H15Cl2NO4.C17H24ClNO3Si.2C12H12ClNO3.C7H9ClN2O.C5H8O3.C2H4O2.ClH/c1-15-18(13-23(28)31-10-11-32(3,4)5)19-12-22(30-2)20(26)14-21(19)27(15)24(29)16-6-8-17(25)9-7-16;1-10-13(8-18(23)24)14-7-17(26-2)15(21)9-16(14)22(10)19(25)11-3-5-12(20)6-4-11;1-11-12(9-17(20)22-6-7-23(3,4)5)13-8-16(21-2)14(18)10-15(13)19-11;1-6-7(4-12(15)16)8-3-11(17-2)9(13)5-10(8)14-6;1-6-7(5-10(15)16)11-8(14-6)3-4-9(17-2)12(11)13;1-11-7-3-2-5(10-9)4-6(7)8;1-4(6)2-3-5(7)8;1-2(3)4;/h6-9,12,14H,10-11,13H2,1-5H3;3-7,9H,8H2,1-2H3,(H,23,24);8,10,19H,6-7,9H2,1-5H3;3,5,14H,4H2,1-2H3,(H,15,16);3-4,14H,5H2,1-2H3,(H,15,16);2-4,10H,9H2,1H3;2-3H2,1H3,(H,7,8);1H3,(H,3,4);1H. The molecule has 0 saturated carbocycles. The number of carboxylic acids is 5. The van der Waals surface area contributed by atoms with Crippen LogP contribution in [-0.4, -0.2) is 181 Å². The van der Waals surface area contributed by atoms with Crippen LogP contribution in [0.15, 0.2) is 127 Å². The van der Waals surface area contributed by atoms with Gasteiger partial charge < -0.3 is 88.6 Å². The lowest BCUT2D eigenvalue weighted by atomic mass is 10.1. The normalized spacial score (nSPS) is 10.7. The summed E-state index contributed by atoms with van der Waals surface area (Å²) in [6.07, 6.45) is 0.121. The molecule has 13 aromatic rings. The number of benzene rings is 8. The van der Waals surface area contributed by atoms with Crippen molar-refractivity contribution in [1.29, 1.82) is 0 Å². The third kappa shape index (κ3) is 34.1. The number of anilines is 1. The molecule has 0 aliphatic heterocycles. The predicted molar refractivity (Wildman–Crippen MR) is 556 cm³/mol. The number of carbonyl (C=O) groups is 10. The average molecular weight is 2130 g/mol. The molecule has 11 N–H and O–H groups in total. The van der Waals surface area contributed by atoms with Gasteiger partial charge in [-0.1, -0.05) is 132 Å². The zero-order valence-electron chi connectivity index (χ0n) is 79.9. The first kappa shape index (κ1) is 118. The van der Waals surface area contributed by atoms with Crippen LogP contribution in [0.5, 0.6) is 34.5 Å². The second kappa shape index (κ2) is 54.2. The molecule has 0 aliphatic carbocycles. The Morgan fingerprint density at radius 1 is 0.381 bits per heavy atom. The number of Topliss-reactive ketones (excluding diaryl/α,β-unsaturated/α-hetero) is 1. The number of nitrogens with two attached hydrogens (primary N) is 1. The number of nitrogen functional groups attached to an aromatic ring is 1. The lowest BCUT2D eigenvalue weighted by molar-refractivity contribution is -0.143. The number of ether oxygens (including phenoxy) is 8. The van der Waals surface area contributed by atoms with Gasteiger partial charge >= 0.3 is 35.8 Å².